The number of carbonyl (C=O) groups excluding carboxylic acids is 1. The fraction of sp³-hybridized carbons (Fsp3) is 0.591. The summed E-state index contributed by atoms with van der Waals surface area (Å²) in [6.45, 7) is 2.63. The van der Waals surface area contributed by atoms with Crippen LogP contribution >= 0.6 is 11.3 Å². The van der Waals surface area contributed by atoms with Gasteiger partial charge in [0.2, 0.25) is 0 Å². The van der Waals surface area contributed by atoms with E-state index < -0.39 is 40.1 Å². The van der Waals surface area contributed by atoms with Gasteiger partial charge in [0.05, 0.1) is 16.7 Å². The molecule has 1 saturated carbocycles. The number of aromatic nitrogens is 2. The molecule has 0 bridgehead atoms. The second-order valence-electron chi connectivity index (χ2n) is 8.57. The van der Waals surface area contributed by atoms with Crippen LogP contribution in [0.4, 0.5) is 18.3 Å². The highest BCUT2D eigenvalue weighted by Gasteiger charge is 2.44. The summed E-state index contributed by atoms with van der Waals surface area (Å²) in [7, 11) is -3.64. The molecule has 1 unspecified atom stereocenters. The van der Waals surface area contributed by atoms with Crippen molar-refractivity contribution >= 4 is 32.2 Å². The Hall–Kier alpha value is -2.21. The van der Waals surface area contributed by atoms with Gasteiger partial charge < -0.3 is 4.57 Å². The van der Waals surface area contributed by atoms with Gasteiger partial charge in [-0.3, -0.25) is 14.5 Å². The number of halogens is 3. The van der Waals surface area contributed by atoms with Crippen molar-refractivity contribution in [1.29, 1.82) is 0 Å². The summed E-state index contributed by atoms with van der Waals surface area (Å²) >= 11 is 0.903. The number of amides is 1. The summed E-state index contributed by atoms with van der Waals surface area (Å²) in [5.74, 6) is -2.05. The molecule has 3 rings (SSSR count). The first-order valence-electron chi connectivity index (χ1n) is 11.2. The maximum Gasteiger partial charge on any atom is 0.471 e. The zero-order chi connectivity index (χ0) is 25.1. The predicted octanol–water partition coefficient (Wildman–Crippen LogP) is 4.51. The maximum absolute atomic E-state index is 13.4. The summed E-state index contributed by atoms with van der Waals surface area (Å²) in [6.07, 6.45) is 1.45. The van der Waals surface area contributed by atoms with E-state index in [2.05, 4.69) is 4.98 Å². The number of rotatable bonds is 8. The first-order valence-corrected chi connectivity index (χ1v) is 13.7. The van der Waals surface area contributed by atoms with Gasteiger partial charge in [0.1, 0.15) is 0 Å². The van der Waals surface area contributed by atoms with E-state index >= 15 is 0 Å². The van der Waals surface area contributed by atoms with Gasteiger partial charge in [0, 0.05) is 29.9 Å². The van der Waals surface area contributed by atoms with Gasteiger partial charge in [-0.15, -0.1) is 11.3 Å². The first kappa shape index (κ1) is 26.4. The van der Waals surface area contributed by atoms with E-state index in [9.17, 15) is 31.2 Å². The van der Waals surface area contributed by atoms with E-state index in [1.54, 1.807) is 6.92 Å². The van der Waals surface area contributed by atoms with Gasteiger partial charge in [-0.1, -0.05) is 39.0 Å². The first-order chi connectivity index (χ1) is 15.9. The van der Waals surface area contributed by atoms with Crippen molar-refractivity contribution in [2.24, 2.45) is 5.92 Å². The van der Waals surface area contributed by atoms with Crippen molar-refractivity contribution in [3.8, 4) is 0 Å². The number of anilines is 1. The highest BCUT2D eigenvalue weighted by atomic mass is 32.2. The predicted molar refractivity (Wildman–Crippen MR) is 124 cm³/mol. The minimum Gasteiger partial charge on any atom is -0.308 e. The normalized spacial score (nSPS) is 16.4. The molecular weight excluding hydrogens is 491 g/mol. The average Bonchev–Trinajstić information content (AvgIpc) is 3.31. The number of thiazole rings is 1. The second-order valence-corrected chi connectivity index (χ2v) is 11.7. The van der Waals surface area contributed by atoms with E-state index in [-0.39, 0.29) is 21.7 Å². The summed E-state index contributed by atoms with van der Waals surface area (Å²) in [5, 5.41) is 1.37. The number of hydrogen-bond donors (Lipinski definition) is 0. The Kier molecular flexibility index (Phi) is 8.22. The van der Waals surface area contributed by atoms with Gasteiger partial charge in [-0.2, -0.15) is 13.2 Å². The lowest BCUT2D eigenvalue weighted by Gasteiger charge is -2.32. The molecule has 7 nitrogen and oxygen atoms in total. The smallest absolute Gasteiger partial charge is 0.308 e. The third-order valence-corrected chi connectivity index (χ3v) is 8.71. The molecule has 0 saturated heterocycles. The van der Waals surface area contributed by atoms with Crippen LogP contribution in [-0.4, -0.2) is 42.3 Å². The van der Waals surface area contributed by atoms with Gasteiger partial charge in [-0.25, -0.2) is 13.4 Å². The van der Waals surface area contributed by atoms with Crippen LogP contribution < -0.4 is 10.5 Å². The molecule has 1 atom stereocenters. The monoisotopic (exact) mass is 519 g/mol. The van der Waals surface area contributed by atoms with Crippen LogP contribution in [0.2, 0.25) is 0 Å². The largest absolute Gasteiger partial charge is 0.471 e. The molecule has 0 aliphatic heterocycles. The van der Waals surface area contributed by atoms with Crippen molar-refractivity contribution in [3.05, 3.63) is 39.8 Å². The van der Waals surface area contributed by atoms with Gasteiger partial charge in [-0.05, 0) is 25.3 Å². The van der Waals surface area contributed by atoms with Crippen molar-refractivity contribution in [2.45, 2.75) is 69.5 Å². The Balaban J connectivity index is 2.06. The van der Waals surface area contributed by atoms with Gasteiger partial charge >= 0.3 is 12.1 Å². The molecule has 0 radical (unpaired) electrons. The standard InChI is InChI=1S/C22H28F3N3O4S2/c1-3-34(31,32)18-11-15(2)28(19(29)13-18)17(12-16-7-5-4-6-8-16)14-27(20(30)22(23,24)25)21-26-9-10-33-21/h9-11,13,16-17H,3-8,12,14H2,1-2H3. The van der Waals surface area contributed by atoms with Crippen LogP contribution in [0.15, 0.2) is 33.4 Å². The molecule has 2 aromatic heterocycles. The molecule has 1 aliphatic carbocycles. The molecule has 0 N–H and O–H groups in total. The van der Waals surface area contributed by atoms with E-state index in [0.717, 1.165) is 49.5 Å². The molecule has 1 fully saturated rings. The molecule has 2 aromatic rings. The number of hydrogen-bond acceptors (Lipinski definition) is 6. The molecule has 0 spiro atoms. The lowest BCUT2D eigenvalue weighted by molar-refractivity contribution is -0.170. The van der Waals surface area contributed by atoms with Crippen molar-refractivity contribution < 1.29 is 26.4 Å². The molecule has 188 valence electrons. The molecular formula is C22H28F3N3O4S2. The summed E-state index contributed by atoms with van der Waals surface area (Å²) < 4.78 is 66.2. The maximum atomic E-state index is 13.4. The molecule has 12 heteroatoms. The number of sulfone groups is 1. The minimum atomic E-state index is -5.11. The van der Waals surface area contributed by atoms with Crippen molar-refractivity contribution in [1.82, 2.24) is 9.55 Å². The van der Waals surface area contributed by atoms with Crippen LogP contribution in [0, 0.1) is 12.8 Å². The number of alkyl halides is 3. The van der Waals surface area contributed by atoms with Gasteiger partial charge in [0.15, 0.2) is 15.0 Å². The molecule has 1 aliphatic rings. The van der Waals surface area contributed by atoms with Crippen LogP contribution in [0.1, 0.15) is 57.2 Å². The fourth-order valence-electron chi connectivity index (χ4n) is 4.53. The van der Waals surface area contributed by atoms with E-state index in [1.165, 1.54) is 29.1 Å². The van der Waals surface area contributed by atoms with E-state index in [4.69, 9.17) is 0 Å². The fourth-order valence-corrected chi connectivity index (χ4v) is 6.14. The minimum absolute atomic E-state index is 0.105. The Bertz CT molecular complexity index is 1160. The van der Waals surface area contributed by atoms with Crippen LogP contribution in [0.25, 0.3) is 0 Å². The SMILES string of the molecule is CCS(=O)(=O)c1cc(C)n(C(CC2CCCCC2)CN(C(=O)C(F)(F)F)c2nccs2)c(=O)c1. The average molecular weight is 520 g/mol. The summed E-state index contributed by atoms with van der Waals surface area (Å²) in [4.78, 5) is 29.8. The van der Waals surface area contributed by atoms with E-state index in [1.807, 2.05) is 0 Å². The Morgan fingerprint density at radius 1 is 1.26 bits per heavy atom. The van der Waals surface area contributed by atoms with E-state index in [0.29, 0.717) is 17.0 Å². The Labute approximate surface area is 200 Å². The summed E-state index contributed by atoms with van der Waals surface area (Å²) in [6, 6.07) is 1.61. The third kappa shape index (κ3) is 6.07. The van der Waals surface area contributed by atoms with Crippen molar-refractivity contribution in [3.63, 3.8) is 0 Å². The lowest BCUT2D eigenvalue weighted by Crippen LogP contribution is -2.46. The molecule has 2 heterocycles. The zero-order valence-corrected chi connectivity index (χ0v) is 20.7. The quantitative estimate of drug-likeness (QED) is 0.512. The summed E-state index contributed by atoms with van der Waals surface area (Å²) in [5.41, 5.74) is -0.301. The Morgan fingerprint density at radius 2 is 1.94 bits per heavy atom. The van der Waals surface area contributed by atoms with Gasteiger partial charge in [0.25, 0.3) is 5.56 Å². The van der Waals surface area contributed by atoms with Crippen LogP contribution in [0.3, 0.4) is 0 Å². The van der Waals surface area contributed by atoms with Crippen LogP contribution in [-0.2, 0) is 14.6 Å². The van der Waals surface area contributed by atoms with Crippen molar-refractivity contribution in [2.75, 3.05) is 17.2 Å². The highest BCUT2D eigenvalue weighted by Crippen LogP contribution is 2.34. The lowest BCUT2D eigenvalue weighted by atomic mass is 9.84. The molecule has 0 aromatic carbocycles. The number of pyridine rings is 1. The number of nitrogens with zero attached hydrogens (tertiary/aromatic N) is 3. The second kappa shape index (κ2) is 10.6. The Morgan fingerprint density at radius 3 is 2.47 bits per heavy atom. The third-order valence-electron chi connectivity index (χ3n) is 6.20. The number of aryl methyl sites for hydroxylation is 1. The van der Waals surface area contributed by atoms with Crippen LogP contribution in [0.5, 0.6) is 0 Å². The topological polar surface area (TPSA) is 89.3 Å². The molecule has 34 heavy (non-hydrogen) atoms. The number of carbonyl (C=O) groups is 1. The zero-order valence-electron chi connectivity index (χ0n) is 19.0. The molecule has 1 amide bonds. The highest BCUT2D eigenvalue weighted by molar-refractivity contribution is 7.91.